The number of nitrogens with zero attached hydrogens (tertiary/aromatic N) is 5. The first-order chi connectivity index (χ1) is 10.8. The molecule has 0 aromatic carbocycles. The highest BCUT2D eigenvalue weighted by Gasteiger charge is 2.23. The average molecular weight is 301 g/mol. The van der Waals surface area contributed by atoms with E-state index in [4.69, 9.17) is 4.74 Å². The number of aromatic nitrogens is 4. The topological polar surface area (TPSA) is 56.1 Å². The Morgan fingerprint density at radius 2 is 2.23 bits per heavy atom. The maximum atomic E-state index is 5.49. The lowest BCUT2D eigenvalue weighted by Gasteiger charge is -2.26. The summed E-state index contributed by atoms with van der Waals surface area (Å²) in [7, 11) is 0. The molecule has 3 rings (SSSR count). The molecule has 0 amide bonds. The molecule has 0 saturated heterocycles. The Kier molecular flexibility index (Phi) is 4.80. The second-order valence-electron chi connectivity index (χ2n) is 5.71. The van der Waals surface area contributed by atoms with E-state index in [1.54, 1.807) is 0 Å². The molecule has 6 heteroatoms. The second-order valence-corrected chi connectivity index (χ2v) is 5.71. The highest BCUT2D eigenvalue weighted by molar-refractivity contribution is 5.09. The van der Waals surface area contributed by atoms with Gasteiger partial charge in [0.1, 0.15) is 12.4 Å². The summed E-state index contributed by atoms with van der Waals surface area (Å²) >= 11 is 0. The van der Waals surface area contributed by atoms with Crippen LogP contribution in [0.3, 0.4) is 0 Å². The van der Waals surface area contributed by atoms with E-state index in [0.29, 0.717) is 19.3 Å². The third kappa shape index (κ3) is 3.34. The Morgan fingerprint density at radius 3 is 3.00 bits per heavy atom. The summed E-state index contributed by atoms with van der Waals surface area (Å²) in [4.78, 5) is 6.69. The number of pyridine rings is 1. The fourth-order valence-corrected chi connectivity index (χ4v) is 2.88. The van der Waals surface area contributed by atoms with Gasteiger partial charge in [0, 0.05) is 51.1 Å². The van der Waals surface area contributed by atoms with Crippen LogP contribution in [0.2, 0.25) is 0 Å². The number of hydrogen-bond acceptors (Lipinski definition) is 5. The molecule has 6 nitrogen and oxygen atoms in total. The second kappa shape index (κ2) is 6.98. The molecule has 0 fully saturated rings. The van der Waals surface area contributed by atoms with Crippen LogP contribution >= 0.6 is 0 Å². The summed E-state index contributed by atoms with van der Waals surface area (Å²) in [6, 6.07) is 4.56. The zero-order valence-corrected chi connectivity index (χ0v) is 13.3. The largest absolute Gasteiger partial charge is 0.374 e. The summed E-state index contributed by atoms with van der Waals surface area (Å²) in [6.07, 6.45) is 4.67. The van der Waals surface area contributed by atoms with Gasteiger partial charge in [-0.1, -0.05) is 6.07 Å². The van der Waals surface area contributed by atoms with Crippen LogP contribution < -0.4 is 0 Å². The van der Waals surface area contributed by atoms with Crippen molar-refractivity contribution in [1.82, 2.24) is 24.6 Å². The summed E-state index contributed by atoms with van der Waals surface area (Å²) < 4.78 is 7.71. The summed E-state index contributed by atoms with van der Waals surface area (Å²) in [5, 5.41) is 8.64. The Hall–Kier alpha value is -1.79. The van der Waals surface area contributed by atoms with Crippen LogP contribution in [0.25, 0.3) is 0 Å². The van der Waals surface area contributed by atoms with Gasteiger partial charge in [0.05, 0.1) is 0 Å². The van der Waals surface area contributed by atoms with Gasteiger partial charge in [-0.3, -0.25) is 9.88 Å². The first-order valence-corrected chi connectivity index (χ1v) is 7.89. The van der Waals surface area contributed by atoms with Crippen molar-refractivity contribution in [3.8, 4) is 0 Å². The summed E-state index contributed by atoms with van der Waals surface area (Å²) in [5.41, 5.74) is 1.25. The standard InChI is InChI=1S/C16H23N5O/c1-3-22-12-16-19-18-15-9-13(2)20(7-8-21(15)16)11-14-5-4-6-17-10-14/h4-6,10,13H,3,7-9,11-12H2,1-2H3. The van der Waals surface area contributed by atoms with Gasteiger partial charge in [0.25, 0.3) is 0 Å². The van der Waals surface area contributed by atoms with Gasteiger partial charge >= 0.3 is 0 Å². The molecule has 22 heavy (non-hydrogen) atoms. The van der Waals surface area contributed by atoms with Crippen LogP contribution in [-0.4, -0.2) is 43.8 Å². The van der Waals surface area contributed by atoms with E-state index in [9.17, 15) is 0 Å². The van der Waals surface area contributed by atoms with Gasteiger partial charge in [-0.25, -0.2) is 0 Å². The lowest BCUT2D eigenvalue weighted by atomic mass is 10.1. The summed E-state index contributed by atoms with van der Waals surface area (Å²) in [6.45, 7) is 8.32. The molecule has 0 radical (unpaired) electrons. The van der Waals surface area contributed by atoms with E-state index in [2.05, 4.69) is 37.6 Å². The Labute approximate surface area is 131 Å². The molecule has 3 heterocycles. The molecule has 0 aliphatic carbocycles. The lowest BCUT2D eigenvalue weighted by Crippen LogP contribution is -2.34. The molecule has 1 atom stereocenters. The number of rotatable bonds is 5. The van der Waals surface area contributed by atoms with Gasteiger partial charge in [-0.2, -0.15) is 0 Å². The van der Waals surface area contributed by atoms with Gasteiger partial charge in [0.2, 0.25) is 0 Å². The van der Waals surface area contributed by atoms with E-state index >= 15 is 0 Å². The van der Waals surface area contributed by atoms with Crippen LogP contribution in [0, 0.1) is 0 Å². The van der Waals surface area contributed by atoms with Gasteiger partial charge in [-0.15, -0.1) is 10.2 Å². The number of hydrogen-bond donors (Lipinski definition) is 0. The van der Waals surface area contributed by atoms with Crippen LogP contribution in [0.4, 0.5) is 0 Å². The Morgan fingerprint density at radius 1 is 1.32 bits per heavy atom. The average Bonchev–Trinajstić information content (AvgIpc) is 2.84. The highest BCUT2D eigenvalue weighted by Crippen LogP contribution is 2.17. The van der Waals surface area contributed by atoms with Crippen molar-refractivity contribution in [2.24, 2.45) is 0 Å². The molecule has 1 aliphatic rings. The molecular formula is C16H23N5O. The monoisotopic (exact) mass is 301 g/mol. The molecule has 0 spiro atoms. The molecule has 0 N–H and O–H groups in total. The Balaban J connectivity index is 1.71. The smallest absolute Gasteiger partial charge is 0.159 e. The SMILES string of the molecule is CCOCc1nnc2n1CCN(Cc1cccnc1)C(C)C2. The molecule has 0 bridgehead atoms. The zero-order valence-electron chi connectivity index (χ0n) is 13.3. The lowest BCUT2D eigenvalue weighted by molar-refractivity contribution is 0.124. The van der Waals surface area contributed by atoms with Crippen molar-refractivity contribution in [2.75, 3.05) is 13.2 Å². The van der Waals surface area contributed by atoms with Crippen LogP contribution in [0.15, 0.2) is 24.5 Å². The van der Waals surface area contributed by atoms with E-state index < -0.39 is 0 Å². The van der Waals surface area contributed by atoms with Gasteiger partial charge < -0.3 is 9.30 Å². The van der Waals surface area contributed by atoms with Crippen LogP contribution in [0.5, 0.6) is 0 Å². The summed E-state index contributed by atoms with van der Waals surface area (Å²) in [5.74, 6) is 2.00. The first-order valence-electron chi connectivity index (χ1n) is 7.89. The van der Waals surface area contributed by atoms with Crippen molar-refractivity contribution < 1.29 is 4.74 Å². The van der Waals surface area contributed by atoms with E-state index in [1.807, 2.05) is 25.4 Å². The third-order valence-corrected chi connectivity index (χ3v) is 4.16. The van der Waals surface area contributed by atoms with Crippen molar-refractivity contribution in [3.63, 3.8) is 0 Å². The molecule has 2 aromatic heterocycles. The van der Waals surface area contributed by atoms with E-state index in [0.717, 1.165) is 37.7 Å². The number of ether oxygens (including phenoxy) is 1. The minimum Gasteiger partial charge on any atom is -0.374 e. The highest BCUT2D eigenvalue weighted by atomic mass is 16.5. The molecule has 2 aromatic rings. The van der Waals surface area contributed by atoms with Crippen LogP contribution in [0.1, 0.15) is 31.1 Å². The number of fused-ring (bicyclic) bond motifs is 1. The van der Waals surface area contributed by atoms with Gasteiger partial charge in [-0.05, 0) is 25.5 Å². The molecule has 0 saturated carbocycles. The molecular weight excluding hydrogens is 278 g/mol. The fraction of sp³-hybridized carbons (Fsp3) is 0.562. The Bertz CT molecular complexity index is 598. The minimum absolute atomic E-state index is 0.436. The van der Waals surface area contributed by atoms with Crippen molar-refractivity contribution >= 4 is 0 Å². The molecule has 118 valence electrons. The van der Waals surface area contributed by atoms with Crippen molar-refractivity contribution in [3.05, 3.63) is 41.7 Å². The quantitative estimate of drug-likeness (QED) is 0.840. The predicted octanol–water partition coefficient (Wildman–Crippen LogP) is 1.66. The normalized spacial score (nSPS) is 18.9. The maximum Gasteiger partial charge on any atom is 0.159 e. The maximum absolute atomic E-state index is 5.49. The fourth-order valence-electron chi connectivity index (χ4n) is 2.88. The van der Waals surface area contributed by atoms with E-state index in [1.165, 1.54) is 5.56 Å². The minimum atomic E-state index is 0.436. The van der Waals surface area contributed by atoms with Crippen LogP contribution in [-0.2, 0) is 30.9 Å². The molecule has 1 unspecified atom stereocenters. The first kappa shape index (κ1) is 15.1. The zero-order chi connectivity index (χ0) is 15.4. The third-order valence-electron chi connectivity index (χ3n) is 4.16. The predicted molar refractivity (Wildman–Crippen MR) is 83.2 cm³/mol. The molecule has 1 aliphatic heterocycles. The van der Waals surface area contributed by atoms with Crippen molar-refractivity contribution in [2.45, 2.75) is 46.0 Å². The van der Waals surface area contributed by atoms with Gasteiger partial charge in [0.15, 0.2) is 5.82 Å². The van der Waals surface area contributed by atoms with Crippen molar-refractivity contribution in [1.29, 1.82) is 0 Å². The van der Waals surface area contributed by atoms with E-state index in [-0.39, 0.29) is 0 Å².